The highest BCUT2D eigenvalue weighted by atomic mass is 16.7. The number of esters is 1. The van der Waals surface area contributed by atoms with Gasteiger partial charge in [0.2, 0.25) is 6.79 Å². The molecule has 1 N–H and O–H groups in total. The van der Waals surface area contributed by atoms with Gasteiger partial charge in [-0.3, -0.25) is 9.69 Å². The highest BCUT2D eigenvalue weighted by Gasteiger charge is 2.16. The SMILES string of the molecule is CC(=O)CCC(=O)OCO/C(=C/CN1CCOCC1)c1cccc(-c2ccccc2)c1O. The summed E-state index contributed by atoms with van der Waals surface area (Å²) in [6.07, 6.45) is 2.03. The van der Waals surface area contributed by atoms with Crippen molar-refractivity contribution in [3.63, 3.8) is 0 Å². The van der Waals surface area contributed by atoms with Gasteiger partial charge in [0, 0.05) is 31.6 Å². The zero-order valence-electron chi connectivity index (χ0n) is 18.3. The fourth-order valence-corrected chi connectivity index (χ4v) is 3.34. The molecule has 0 atom stereocenters. The van der Waals surface area contributed by atoms with Crippen LogP contribution >= 0.6 is 0 Å². The molecule has 0 spiro atoms. The summed E-state index contributed by atoms with van der Waals surface area (Å²) in [6.45, 7) is 4.68. The van der Waals surface area contributed by atoms with Gasteiger partial charge in [-0.1, -0.05) is 42.5 Å². The smallest absolute Gasteiger partial charge is 0.309 e. The summed E-state index contributed by atoms with van der Waals surface area (Å²) in [7, 11) is 0. The Kier molecular flexibility index (Phi) is 8.83. The Morgan fingerprint density at radius 1 is 1.03 bits per heavy atom. The van der Waals surface area contributed by atoms with Crippen molar-refractivity contribution in [3.8, 4) is 16.9 Å². The number of benzene rings is 2. The Morgan fingerprint density at radius 2 is 1.78 bits per heavy atom. The number of rotatable bonds is 10. The lowest BCUT2D eigenvalue weighted by atomic mass is 10.0. The summed E-state index contributed by atoms with van der Waals surface area (Å²) in [6, 6.07) is 15.0. The van der Waals surface area contributed by atoms with E-state index in [0.717, 1.165) is 18.7 Å². The Bertz CT molecular complexity index is 935. The number of aromatic hydroxyl groups is 1. The number of ether oxygens (including phenoxy) is 3. The number of carbonyl (C=O) groups is 2. The maximum Gasteiger partial charge on any atom is 0.309 e. The van der Waals surface area contributed by atoms with E-state index >= 15 is 0 Å². The molecule has 0 bridgehead atoms. The average molecular weight is 440 g/mol. The third kappa shape index (κ3) is 6.93. The van der Waals surface area contributed by atoms with Gasteiger partial charge in [-0.05, 0) is 24.6 Å². The van der Waals surface area contributed by atoms with Crippen LogP contribution in [0.4, 0.5) is 0 Å². The van der Waals surface area contributed by atoms with Crippen molar-refractivity contribution in [1.82, 2.24) is 4.90 Å². The summed E-state index contributed by atoms with van der Waals surface area (Å²) >= 11 is 0. The van der Waals surface area contributed by atoms with Crippen molar-refractivity contribution >= 4 is 17.5 Å². The molecule has 2 aromatic rings. The molecule has 1 heterocycles. The van der Waals surface area contributed by atoms with E-state index in [1.807, 2.05) is 48.5 Å². The van der Waals surface area contributed by atoms with Crippen LogP contribution < -0.4 is 0 Å². The largest absolute Gasteiger partial charge is 0.507 e. The minimum Gasteiger partial charge on any atom is -0.507 e. The van der Waals surface area contributed by atoms with Crippen molar-refractivity contribution in [1.29, 1.82) is 0 Å². The number of hydrogen-bond donors (Lipinski definition) is 1. The van der Waals surface area contributed by atoms with Crippen molar-refractivity contribution in [2.24, 2.45) is 0 Å². The molecule has 7 nitrogen and oxygen atoms in total. The first-order valence-electron chi connectivity index (χ1n) is 10.7. The first kappa shape index (κ1) is 23.5. The van der Waals surface area contributed by atoms with Crippen LogP contribution in [0.5, 0.6) is 5.75 Å². The Labute approximate surface area is 188 Å². The predicted octanol–water partition coefficient (Wildman–Crippen LogP) is 3.62. The first-order valence-corrected chi connectivity index (χ1v) is 10.7. The van der Waals surface area contributed by atoms with Crippen LogP contribution in [0.1, 0.15) is 25.3 Å². The molecule has 0 aromatic heterocycles. The highest BCUT2D eigenvalue weighted by Crippen LogP contribution is 2.36. The molecule has 7 heteroatoms. The lowest BCUT2D eigenvalue weighted by Gasteiger charge is -2.25. The number of phenols is 1. The molecule has 0 radical (unpaired) electrons. The molecule has 3 rings (SSSR count). The first-order chi connectivity index (χ1) is 15.5. The predicted molar refractivity (Wildman–Crippen MR) is 121 cm³/mol. The fraction of sp³-hybridized carbons (Fsp3) is 0.360. The van der Waals surface area contributed by atoms with Gasteiger partial charge >= 0.3 is 5.97 Å². The van der Waals surface area contributed by atoms with Gasteiger partial charge in [-0.2, -0.15) is 0 Å². The molecule has 170 valence electrons. The Morgan fingerprint density at radius 3 is 2.50 bits per heavy atom. The van der Waals surface area contributed by atoms with Crippen LogP contribution in [0, 0.1) is 0 Å². The second-order valence-corrected chi connectivity index (χ2v) is 7.53. The lowest BCUT2D eigenvalue weighted by molar-refractivity contribution is -0.152. The topological polar surface area (TPSA) is 85.3 Å². The molecule has 32 heavy (non-hydrogen) atoms. The number of phenolic OH excluding ortho intramolecular Hbond substituents is 1. The van der Waals surface area contributed by atoms with Crippen LogP contribution in [0.3, 0.4) is 0 Å². The summed E-state index contributed by atoms with van der Waals surface area (Å²) in [5.41, 5.74) is 2.08. The van der Waals surface area contributed by atoms with Gasteiger partial charge in [0.15, 0.2) is 0 Å². The van der Waals surface area contributed by atoms with E-state index in [-0.39, 0.29) is 31.2 Å². The standard InChI is InChI=1S/C25H29NO6/c1-19(27)10-11-24(28)32-18-31-23(12-13-26-14-16-30-17-15-26)22-9-5-8-21(25(22)29)20-6-3-2-4-7-20/h2-9,12,29H,10-11,13-18H2,1H3/b23-12+. The molecule has 1 fully saturated rings. The van der Waals surface area contributed by atoms with Crippen molar-refractivity contribution < 1.29 is 28.9 Å². The van der Waals surface area contributed by atoms with Gasteiger partial charge in [-0.25, -0.2) is 0 Å². The van der Waals surface area contributed by atoms with Gasteiger partial charge in [-0.15, -0.1) is 0 Å². The number of Topliss-reactive ketones (excluding diaryl/α,β-unsaturated/α-hetero) is 1. The molecule has 2 aromatic carbocycles. The van der Waals surface area contributed by atoms with E-state index in [2.05, 4.69) is 4.90 Å². The third-order valence-corrected chi connectivity index (χ3v) is 5.14. The fourth-order valence-electron chi connectivity index (χ4n) is 3.34. The summed E-state index contributed by atoms with van der Waals surface area (Å²) < 4.78 is 16.3. The average Bonchev–Trinajstić information content (AvgIpc) is 2.81. The number of carbonyl (C=O) groups excluding carboxylic acids is 2. The molecule has 1 saturated heterocycles. The molecule has 0 saturated carbocycles. The molecule has 1 aliphatic heterocycles. The zero-order chi connectivity index (χ0) is 22.8. The van der Waals surface area contributed by atoms with E-state index in [4.69, 9.17) is 14.2 Å². The molecule has 0 unspecified atom stereocenters. The summed E-state index contributed by atoms with van der Waals surface area (Å²) in [4.78, 5) is 25.1. The van der Waals surface area contributed by atoms with E-state index in [1.165, 1.54) is 6.92 Å². The molecular weight excluding hydrogens is 410 g/mol. The minimum atomic E-state index is -0.505. The minimum absolute atomic E-state index is 0.0141. The number of hydrogen-bond acceptors (Lipinski definition) is 7. The number of nitrogens with zero attached hydrogens (tertiary/aromatic N) is 1. The molecule has 0 aliphatic carbocycles. The summed E-state index contributed by atoms with van der Waals surface area (Å²) in [5.74, 6) is -0.0624. The maximum atomic E-state index is 11.8. The van der Waals surface area contributed by atoms with Crippen molar-refractivity contribution in [2.75, 3.05) is 39.6 Å². The highest BCUT2D eigenvalue weighted by molar-refractivity contribution is 5.81. The van der Waals surface area contributed by atoms with E-state index in [9.17, 15) is 14.7 Å². The molecule has 0 amide bonds. The lowest BCUT2D eigenvalue weighted by Crippen LogP contribution is -2.36. The van der Waals surface area contributed by atoms with Gasteiger partial charge in [0.05, 0.1) is 25.2 Å². The second kappa shape index (κ2) is 12.0. The maximum absolute atomic E-state index is 11.8. The van der Waals surface area contributed by atoms with E-state index in [0.29, 0.717) is 36.6 Å². The van der Waals surface area contributed by atoms with Crippen LogP contribution in [-0.4, -0.2) is 61.4 Å². The van der Waals surface area contributed by atoms with Crippen LogP contribution in [-0.2, 0) is 23.8 Å². The van der Waals surface area contributed by atoms with Gasteiger partial charge in [0.25, 0.3) is 0 Å². The van der Waals surface area contributed by atoms with Crippen molar-refractivity contribution in [3.05, 3.63) is 60.2 Å². The Hall–Kier alpha value is -3.16. The number of para-hydroxylation sites is 1. The van der Waals surface area contributed by atoms with Crippen LogP contribution in [0.2, 0.25) is 0 Å². The van der Waals surface area contributed by atoms with Gasteiger partial charge in [0.1, 0.15) is 17.3 Å². The number of morpholine rings is 1. The zero-order valence-corrected chi connectivity index (χ0v) is 18.3. The van der Waals surface area contributed by atoms with Gasteiger partial charge < -0.3 is 24.1 Å². The number of ketones is 1. The second-order valence-electron chi connectivity index (χ2n) is 7.53. The molecule has 1 aliphatic rings. The van der Waals surface area contributed by atoms with Crippen LogP contribution in [0.25, 0.3) is 16.9 Å². The van der Waals surface area contributed by atoms with E-state index in [1.54, 1.807) is 6.07 Å². The quantitative estimate of drug-likeness (QED) is 0.344. The Balaban J connectivity index is 1.77. The molecular formula is C25H29NO6. The van der Waals surface area contributed by atoms with Crippen molar-refractivity contribution in [2.45, 2.75) is 19.8 Å². The normalized spacial score (nSPS) is 14.7. The summed E-state index contributed by atoms with van der Waals surface area (Å²) in [5, 5.41) is 11.0. The monoisotopic (exact) mass is 439 g/mol. The van der Waals surface area contributed by atoms with Crippen LogP contribution in [0.15, 0.2) is 54.6 Å². The third-order valence-electron chi connectivity index (χ3n) is 5.14. The van der Waals surface area contributed by atoms with E-state index < -0.39 is 5.97 Å².